The molecular weight excluding hydrogens is 409 g/mol. The van der Waals surface area contributed by atoms with E-state index in [-0.39, 0.29) is 18.3 Å². The zero-order valence-electron chi connectivity index (χ0n) is 18.1. The van der Waals surface area contributed by atoms with Gasteiger partial charge in [0.1, 0.15) is 5.82 Å². The fourth-order valence-corrected chi connectivity index (χ4v) is 4.49. The largest absolute Gasteiger partial charge is 0.481 e. The number of tetrazole rings is 1. The first kappa shape index (κ1) is 22.1. The van der Waals surface area contributed by atoms with E-state index in [1.165, 1.54) is 18.6 Å². The van der Waals surface area contributed by atoms with E-state index in [9.17, 15) is 14.3 Å². The molecule has 0 amide bonds. The van der Waals surface area contributed by atoms with Crippen molar-refractivity contribution in [3.8, 4) is 0 Å². The predicted molar refractivity (Wildman–Crippen MR) is 117 cm³/mol. The molecule has 2 unspecified atom stereocenters. The molecule has 1 aliphatic rings. The first-order chi connectivity index (χ1) is 15.5. The summed E-state index contributed by atoms with van der Waals surface area (Å²) in [6, 6.07) is 13.2. The molecule has 2 atom stereocenters. The lowest BCUT2D eigenvalue weighted by molar-refractivity contribution is -0.137. The van der Waals surface area contributed by atoms with E-state index >= 15 is 0 Å². The molecule has 32 heavy (non-hydrogen) atoms. The zero-order valence-corrected chi connectivity index (χ0v) is 18.1. The number of rotatable bonds is 8. The summed E-state index contributed by atoms with van der Waals surface area (Å²) in [5.41, 5.74) is 2.70. The number of nitrogens with one attached hydrogen (secondary N) is 1. The number of hydrogen-bond acceptors (Lipinski definition) is 5. The van der Waals surface area contributed by atoms with Crippen LogP contribution in [0.5, 0.6) is 0 Å². The smallest absolute Gasteiger partial charge is 0.305 e. The summed E-state index contributed by atoms with van der Waals surface area (Å²) in [6.45, 7) is 1.97. The van der Waals surface area contributed by atoms with Crippen molar-refractivity contribution >= 4 is 5.97 Å². The number of carboxylic acid groups (broad SMARTS) is 1. The SMILES string of the molecule is Cc1cccc(C(CC(=O)O)NC(c2ccc(F)cc2)c2nnnn2C2CCCCC2)c1. The Kier molecular flexibility index (Phi) is 6.90. The maximum Gasteiger partial charge on any atom is 0.305 e. The minimum absolute atomic E-state index is 0.105. The molecule has 0 radical (unpaired) electrons. The van der Waals surface area contributed by atoms with Crippen LogP contribution in [-0.4, -0.2) is 31.3 Å². The highest BCUT2D eigenvalue weighted by Gasteiger charge is 2.29. The number of benzene rings is 2. The van der Waals surface area contributed by atoms with Gasteiger partial charge in [-0.1, -0.05) is 61.2 Å². The summed E-state index contributed by atoms with van der Waals surface area (Å²) in [6.07, 6.45) is 5.37. The summed E-state index contributed by atoms with van der Waals surface area (Å²) in [5.74, 6) is -0.625. The summed E-state index contributed by atoms with van der Waals surface area (Å²) in [7, 11) is 0. The standard InChI is InChI=1S/C24H28FN5O2/c1-16-6-5-7-18(14-16)21(15-22(31)32)26-23(17-10-12-19(25)13-11-17)24-27-28-29-30(24)20-8-3-2-4-9-20/h5-7,10-14,20-21,23,26H,2-4,8-9,15H2,1H3,(H,31,32). The number of halogens is 1. The van der Waals surface area contributed by atoms with Crippen LogP contribution in [0.4, 0.5) is 4.39 Å². The molecule has 1 fully saturated rings. The molecule has 1 heterocycles. The minimum atomic E-state index is -0.909. The Labute approximate surface area is 186 Å². The third kappa shape index (κ3) is 5.19. The molecule has 4 rings (SSSR count). The molecule has 0 aliphatic heterocycles. The highest BCUT2D eigenvalue weighted by Crippen LogP contribution is 2.32. The van der Waals surface area contributed by atoms with Gasteiger partial charge in [-0.25, -0.2) is 9.07 Å². The van der Waals surface area contributed by atoms with E-state index in [2.05, 4.69) is 20.8 Å². The number of aromatic nitrogens is 4. The molecule has 2 N–H and O–H groups in total. The van der Waals surface area contributed by atoms with E-state index in [1.54, 1.807) is 12.1 Å². The number of aliphatic carboxylic acids is 1. The van der Waals surface area contributed by atoms with E-state index in [0.717, 1.165) is 42.4 Å². The molecule has 0 spiro atoms. The summed E-state index contributed by atoms with van der Waals surface area (Å²) in [4.78, 5) is 11.7. The predicted octanol–water partition coefficient (Wildman–Crippen LogP) is 4.52. The molecule has 3 aromatic rings. The molecule has 8 heteroatoms. The van der Waals surface area contributed by atoms with Crippen molar-refractivity contribution in [3.63, 3.8) is 0 Å². The highest BCUT2D eigenvalue weighted by atomic mass is 19.1. The molecule has 0 bridgehead atoms. The van der Waals surface area contributed by atoms with Crippen molar-refractivity contribution in [2.45, 2.75) is 63.6 Å². The number of nitrogens with zero attached hydrogens (tertiary/aromatic N) is 4. The van der Waals surface area contributed by atoms with Crippen LogP contribution in [-0.2, 0) is 4.79 Å². The Morgan fingerprint density at radius 3 is 2.59 bits per heavy atom. The van der Waals surface area contributed by atoms with Crippen LogP contribution >= 0.6 is 0 Å². The Morgan fingerprint density at radius 2 is 1.91 bits per heavy atom. The van der Waals surface area contributed by atoms with Gasteiger partial charge in [0.25, 0.3) is 0 Å². The molecule has 2 aromatic carbocycles. The van der Waals surface area contributed by atoms with Crippen molar-refractivity contribution in [1.29, 1.82) is 0 Å². The molecule has 168 valence electrons. The first-order valence-electron chi connectivity index (χ1n) is 11.1. The van der Waals surface area contributed by atoms with Gasteiger partial charge in [-0.2, -0.15) is 0 Å². The Hall–Kier alpha value is -3.13. The van der Waals surface area contributed by atoms with Crippen LogP contribution < -0.4 is 5.32 Å². The molecule has 1 aromatic heterocycles. The number of hydrogen-bond donors (Lipinski definition) is 2. The van der Waals surface area contributed by atoms with Crippen LogP contribution in [0.2, 0.25) is 0 Å². The van der Waals surface area contributed by atoms with Crippen molar-refractivity contribution in [1.82, 2.24) is 25.5 Å². The average molecular weight is 438 g/mol. The molecule has 7 nitrogen and oxygen atoms in total. The molecular formula is C24H28FN5O2. The van der Waals surface area contributed by atoms with Gasteiger partial charge in [0.05, 0.1) is 18.5 Å². The third-order valence-electron chi connectivity index (χ3n) is 6.09. The quantitative estimate of drug-likeness (QED) is 0.538. The monoisotopic (exact) mass is 437 g/mol. The second-order valence-corrected chi connectivity index (χ2v) is 8.49. The van der Waals surface area contributed by atoms with Crippen LogP contribution in [0.15, 0.2) is 48.5 Å². The maximum atomic E-state index is 13.7. The van der Waals surface area contributed by atoms with Gasteiger partial charge in [-0.15, -0.1) is 5.10 Å². The van der Waals surface area contributed by atoms with Gasteiger partial charge in [-0.3, -0.25) is 10.1 Å². The van der Waals surface area contributed by atoms with Gasteiger partial charge in [-0.05, 0) is 53.5 Å². The highest BCUT2D eigenvalue weighted by molar-refractivity contribution is 5.68. The lowest BCUT2D eigenvalue weighted by Gasteiger charge is -2.28. The number of carboxylic acids is 1. The van der Waals surface area contributed by atoms with Gasteiger partial charge in [0.2, 0.25) is 0 Å². The van der Waals surface area contributed by atoms with E-state index in [4.69, 9.17) is 0 Å². The van der Waals surface area contributed by atoms with E-state index < -0.39 is 18.1 Å². The summed E-state index contributed by atoms with van der Waals surface area (Å²) in [5, 5.41) is 25.6. The fourth-order valence-electron chi connectivity index (χ4n) is 4.49. The minimum Gasteiger partial charge on any atom is -0.481 e. The van der Waals surface area contributed by atoms with Gasteiger partial charge in [0, 0.05) is 6.04 Å². The zero-order chi connectivity index (χ0) is 22.5. The topological polar surface area (TPSA) is 92.9 Å². The lowest BCUT2D eigenvalue weighted by Crippen LogP contribution is -2.32. The van der Waals surface area contributed by atoms with Crippen LogP contribution in [0.3, 0.4) is 0 Å². The number of aryl methyl sites for hydroxylation is 1. The second kappa shape index (κ2) is 9.99. The molecule has 1 aliphatic carbocycles. The van der Waals surface area contributed by atoms with Gasteiger partial charge >= 0.3 is 5.97 Å². The third-order valence-corrected chi connectivity index (χ3v) is 6.09. The maximum absolute atomic E-state index is 13.7. The van der Waals surface area contributed by atoms with Crippen molar-refractivity contribution < 1.29 is 14.3 Å². The van der Waals surface area contributed by atoms with E-state index in [0.29, 0.717) is 5.82 Å². The van der Waals surface area contributed by atoms with Crippen molar-refractivity contribution in [2.75, 3.05) is 0 Å². The average Bonchev–Trinajstić information content (AvgIpc) is 3.27. The van der Waals surface area contributed by atoms with Crippen LogP contribution in [0, 0.1) is 12.7 Å². The Bertz CT molecular complexity index is 1050. The van der Waals surface area contributed by atoms with Crippen molar-refractivity contribution in [3.05, 3.63) is 76.9 Å². The summed E-state index contributed by atoms with van der Waals surface area (Å²) >= 11 is 0. The molecule has 0 saturated heterocycles. The van der Waals surface area contributed by atoms with Crippen molar-refractivity contribution in [2.24, 2.45) is 0 Å². The Balaban J connectivity index is 1.73. The Morgan fingerprint density at radius 1 is 1.16 bits per heavy atom. The van der Waals surface area contributed by atoms with Gasteiger partial charge in [0.15, 0.2) is 5.82 Å². The normalized spacial score (nSPS) is 16.6. The lowest BCUT2D eigenvalue weighted by atomic mass is 9.94. The fraction of sp³-hybridized carbons (Fsp3) is 0.417. The second-order valence-electron chi connectivity index (χ2n) is 8.49. The van der Waals surface area contributed by atoms with Crippen LogP contribution in [0.1, 0.15) is 79.2 Å². The molecule has 1 saturated carbocycles. The van der Waals surface area contributed by atoms with Gasteiger partial charge < -0.3 is 5.11 Å². The summed E-state index contributed by atoms with van der Waals surface area (Å²) < 4.78 is 15.5. The van der Waals surface area contributed by atoms with E-state index in [1.807, 2.05) is 35.9 Å². The van der Waals surface area contributed by atoms with Crippen LogP contribution in [0.25, 0.3) is 0 Å². The number of carbonyl (C=O) groups is 1. The first-order valence-corrected chi connectivity index (χ1v) is 11.1.